The van der Waals surface area contributed by atoms with E-state index in [9.17, 15) is 0 Å². The zero-order valence-electron chi connectivity index (χ0n) is 25.6. The Labute approximate surface area is 268 Å². The van der Waals surface area contributed by atoms with Crippen LogP contribution in [0.5, 0.6) is 0 Å². The van der Waals surface area contributed by atoms with Crippen LogP contribution in [0.2, 0.25) is 0 Å². The van der Waals surface area contributed by atoms with Gasteiger partial charge in [0.1, 0.15) is 0 Å². The number of rotatable bonds is 4. The van der Waals surface area contributed by atoms with Crippen LogP contribution in [0.3, 0.4) is 0 Å². The van der Waals surface area contributed by atoms with E-state index in [1.165, 1.54) is 47.9 Å². The molecule has 0 nitrogen and oxygen atoms in total. The molecule has 0 aromatic heterocycles. The molecule has 0 amide bonds. The summed E-state index contributed by atoms with van der Waals surface area (Å²) >= 11 is -2.72. The molecule has 3 heteroatoms. The Balaban J connectivity index is 0.00000194. The predicted molar refractivity (Wildman–Crippen MR) is 180 cm³/mol. The van der Waals surface area contributed by atoms with Crippen molar-refractivity contribution in [2.45, 2.75) is 88.2 Å². The van der Waals surface area contributed by atoms with Gasteiger partial charge in [-0.25, -0.2) is 0 Å². The molecular weight excluding hydrogens is 706 g/mol. The fraction of sp³-hybridized carbons (Fsp3) is 0.395. The van der Waals surface area contributed by atoms with E-state index in [1.54, 1.807) is 20.0 Å². The second-order valence-corrected chi connectivity index (χ2v) is 23.3. The van der Waals surface area contributed by atoms with Gasteiger partial charge in [-0.1, -0.05) is 0 Å². The molecule has 0 atom stereocenters. The quantitative estimate of drug-likeness (QED) is 0.233. The number of allylic oxidation sites excluding steroid dienone is 4. The molecule has 0 spiro atoms. The van der Waals surface area contributed by atoms with Crippen LogP contribution in [-0.2, 0) is 31.8 Å². The molecule has 1 fully saturated rings. The molecule has 0 saturated heterocycles. The summed E-state index contributed by atoms with van der Waals surface area (Å²) in [5.41, 5.74) is 11.0. The van der Waals surface area contributed by atoms with Crippen LogP contribution in [0.25, 0.3) is 11.1 Å². The van der Waals surface area contributed by atoms with Crippen molar-refractivity contribution in [3.63, 3.8) is 0 Å². The van der Waals surface area contributed by atoms with Crippen molar-refractivity contribution in [3.8, 4) is 11.1 Å². The third-order valence-corrected chi connectivity index (χ3v) is 22.0. The van der Waals surface area contributed by atoms with E-state index in [-0.39, 0.29) is 35.6 Å². The average Bonchev–Trinajstić information content (AvgIpc) is 3.67. The average molecular weight is 752 g/mol. The first kappa shape index (κ1) is 32.4. The van der Waals surface area contributed by atoms with E-state index >= 15 is 0 Å². The predicted octanol–water partition coefficient (Wildman–Crippen LogP) is 11.1. The van der Waals surface area contributed by atoms with Crippen molar-refractivity contribution in [3.05, 3.63) is 116 Å². The number of fused-ring (bicyclic) bond motifs is 3. The van der Waals surface area contributed by atoms with Gasteiger partial charge in [-0.3, -0.25) is 0 Å². The van der Waals surface area contributed by atoms with E-state index in [1.807, 2.05) is 3.26 Å². The number of halogens is 2. The largest absolute Gasteiger partial charge is 0.147 e. The van der Waals surface area contributed by atoms with Gasteiger partial charge < -0.3 is 0 Å². The molecule has 0 N–H and O–H groups in total. The zero-order valence-corrected chi connectivity index (χ0v) is 30.8. The van der Waals surface area contributed by atoms with Crippen molar-refractivity contribution >= 4 is 28.1 Å². The summed E-state index contributed by atoms with van der Waals surface area (Å²) in [6, 6.07) is 26.6. The van der Waals surface area contributed by atoms with Crippen LogP contribution in [0, 0.1) is 5.92 Å². The van der Waals surface area contributed by atoms with Crippen LogP contribution in [0.1, 0.15) is 105 Å². The first-order valence-corrected chi connectivity index (χ1v) is 20.7. The summed E-state index contributed by atoms with van der Waals surface area (Å²) in [6.45, 7) is 14.2. The van der Waals surface area contributed by atoms with Crippen molar-refractivity contribution in [2.75, 3.05) is 0 Å². The van der Waals surface area contributed by atoms with Crippen LogP contribution in [0.15, 0.2) is 88.3 Å². The van der Waals surface area contributed by atoms with Gasteiger partial charge in [0.15, 0.2) is 0 Å². The van der Waals surface area contributed by atoms with E-state index in [2.05, 4.69) is 127 Å². The van der Waals surface area contributed by atoms with Gasteiger partial charge in [-0.2, -0.15) is 0 Å². The van der Waals surface area contributed by atoms with Crippen molar-refractivity contribution < 1.29 is 21.0 Å². The summed E-state index contributed by atoms with van der Waals surface area (Å²) < 4.78 is 4.25. The Morgan fingerprint density at radius 2 is 1.24 bits per heavy atom. The summed E-state index contributed by atoms with van der Waals surface area (Å²) in [7, 11) is 0. The Hall–Kier alpha value is -1.54. The van der Waals surface area contributed by atoms with Gasteiger partial charge >= 0.3 is 246 Å². The van der Waals surface area contributed by atoms with Crippen LogP contribution < -0.4 is 0 Å². The molecular formula is C38H46Cl2Hf. The first-order valence-electron chi connectivity index (χ1n) is 15.1. The van der Waals surface area contributed by atoms with Gasteiger partial charge in [0.2, 0.25) is 0 Å². The second-order valence-electron chi connectivity index (χ2n) is 14.0. The first-order chi connectivity index (χ1) is 18.6. The second kappa shape index (κ2) is 12.6. The van der Waals surface area contributed by atoms with Crippen LogP contribution >= 0.6 is 24.8 Å². The molecule has 3 aromatic carbocycles. The fourth-order valence-electron chi connectivity index (χ4n) is 7.11. The van der Waals surface area contributed by atoms with E-state index in [0.29, 0.717) is 3.67 Å². The third-order valence-electron chi connectivity index (χ3n) is 9.29. The molecule has 0 aliphatic heterocycles. The minimum absolute atomic E-state index is 0. The molecule has 3 aliphatic carbocycles. The Bertz CT molecular complexity index is 1430. The number of hydrogen-bond donors (Lipinski definition) is 0. The van der Waals surface area contributed by atoms with Crippen molar-refractivity contribution in [1.29, 1.82) is 0 Å². The van der Waals surface area contributed by atoms with Gasteiger partial charge in [0, 0.05) is 0 Å². The maximum absolute atomic E-state index is 2.72. The van der Waals surface area contributed by atoms with Gasteiger partial charge in [0.05, 0.1) is 0 Å². The fourth-order valence-corrected chi connectivity index (χ4v) is 21.3. The number of benzene rings is 3. The van der Waals surface area contributed by atoms with Crippen molar-refractivity contribution in [2.24, 2.45) is 5.92 Å². The van der Waals surface area contributed by atoms with Crippen LogP contribution in [-0.4, -0.2) is 3.26 Å². The minimum Gasteiger partial charge on any atom is -0.147 e. The van der Waals surface area contributed by atoms with Gasteiger partial charge in [0.25, 0.3) is 0 Å². The molecule has 41 heavy (non-hydrogen) atoms. The molecule has 3 aliphatic rings. The third kappa shape index (κ3) is 6.25. The topological polar surface area (TPSA) is 0 Å². The molecule has 6 rings (SSSR count). The van der Waals surface area contributed by atoms with E-state index < -0.39 is 21.0 Å². The Morgan fingerprint density at radius 1 is 0.707 bits per heavy atom. The maximum Gasteiger partial charge on any atom is -0.147 e. The maximum atomic E-state index is 2.63. The molecule has 1 saturated carbocycles. The molecule has 0 bridgehead atoms. The molecule has 3 aromatic rings. The monoisotopic (exact) mass is 752 g/mol. The molecule has 0 heterocycles. The van der Waals surface area contributed by atoms with Crippen molar-refractivity contribution in [1.82, 2.24) is 0 Å². The molecule has 216 valence electrons. The smallest absolute Gasteiger partial charge is 0.147 e. The molecule has 0 radical (unpaired) electrons. The Kier molecular flexibility index (Phi) is 9.95. The van der Waals surface area contributed by atoms with E-state index in [0.717, 1.165) is 12.3 Å². The van der Waals surface area contributed by atoms with Gasteiger partial charge in [-0.05, 0) is 0 Å². The summed E-state index contributed by atoms with van der Waals surface area (Å²) in [5, 5.41) is 0. The molecule has 0 unspecified atom stereocenters. The minimum atomic E-state index is -2.72. The Morgan fingerprint density at radius 3 is 1.71 bits per heavy atom. The normalized spacial score (nSPS) is 17.4. The standard InChI is InChI=1S/C21H25.C12H14.C5H5.2ClH.Hf/c1-20(2,3)16-7-9-18-14(12-16)11-15-13-17(21(4,5)6)8-10-19(15)18;1-2-6-11(7-3-1)10-12-8-4-5-9-12;1-2-4-5-3-1;;;/h7-13H,1-6H3;1-3,6-7,12H,4-5,8-9H2;1-3H,4H2;2*1H;. The zero-order chi connectivity index (χ0) is 27.4. The SMILES string of the molecule is CC(C)(C)c1ccc2c(c1)[CH](/[Hf]([C]1=CC=CC1)=[C](/c1ccccc1)C1CCCC1)c1cc(C(C)(C)C)ccc1-2.Cl.Cl. The van der Waals surface area contributed by atoms with Gasteiger partial charge in [-0.15, -0.1) is 24.8 Å². The van der Waals surface area contributed by atoms with E-state index in [4.69, 9.17) is 0 Å². The summed E-state index contributed by atoms with van der Waals surface area (Å²) in [6.07, 6.45) is 14.0. The number of hydrogen-bond acceptors (Lipinski definition) is 0. The van der Waals surface area contributed by atoms with Crippen LogP contribution in [0.4, 0.5) is 0 Å². The summed E-state index contributed by atoms with van der Waals surface area (Å²) in [5.74, 6) is 0.750. The summed E-state index contributed by atoms with van der Waals surface area (Å²) in [4.78, 5) is 0.